The van der Waals surface area contributed by atoms with Gasteiger partial charge in [-0.3, -0.25) is 0 Å². The summed E-state index contributed by atoms with van der Waals surface area (Å²) in [7, 11) is 1.69. The largest absolute Gasteiger partial charge is 0.434 e. The van der Waals surface area contributed by atoms with Crippen LogP contribution in [0, 0.1) is 5.92 Å². The number of halogens is 2. The van der Waals surface area contributed by atoms with Gasteiger partial charge in [0, 0.05) is 25.5 Å². The summed E-state index contributed by atoms with van der Waals surface area (Å²) in [6.45, 7) is -2.07. The average Bonchev–Trinajstić information content (AvgIpc) is 2.28. The lowest BCUT2D eigenvalue weighted by molar-refractivity contribution is -0.0509. The standard InChI is InChI=1S/C14H19F2NO2/c1-18-5-4-9-6-10(7-9)12-3-2-11(17)8-13(12)19-14(15)16/h2-3,8-10,14H,4-7,17H2,1H3. The number of anilines is 1. The number of hydrogen-bond donors (Lipinski definition) is 1. The van der Waals surface area contributed by atoms with E-state index in [0.29, 0.717) is 11.6 Å². The van der Waals surface area contributed by atoms with Gasteiger partial charge in [-0.15, -0.1) is 0 Å². The Balaban J connectivity index is 2.01. The molecule has 1 aromatic rings. The molecule has 1 aromatic carbocycles. The number of hydrogen-bond acceptors (Lipinski definition) is 3. The molecule has 5 heteroatoms. The van der Waals surface area contributed by atoms with E-state index >= 15 is 0 Å². The highest BCUT2D eigenvalue weighted by molar-refractivity contribution is 5.50. The van der Waals surface area contributed by atoms with Crippen molar-refractivity contribution in [1.82, 2.24) is 0 Å². The number of alkyl halides is 2. The molecule has 2 N–H and O–H groups in total. The molecule has 106 valence electrons. The van der Waals surface area contributed by atoms with Gasteiger partial charge in [-0.2, -0.15) is 8.78 Å². The predicted octanol–water partition coefficient (Wildman–Crippen LogP) is 3.40. The molecule has 1 saturated carbocycles. The maximum absolute atomic E-state index is 12.4. The lowest BCUT2D eigenvalue weighted by Crippen LogP contribution is -2.24. The molecule has 3 nitrogen and oxygen atoms in total. The molecule has 0 aliphatic heterocycles. The van der Waals surface area contributed by atoms with E-state index in [1.54, 1.807) is 19.2 Å². The fourth-order valence-corrected chi connectivity index (χ4v) is 2.60. The van der Waals surface area contributed by atoms with Gasteiger partial charge in [0.2, 0.25) is 0 Å². The highest BCUT2D eigenvalue weighted by atomic mass is 19.3. The van der Waals surface area contributed by atoms with Gasteiger partial charge in [0.05, 0.1) is 0 Å². The van der Waals surface area contributed by atoms with E-state index < -0.39 is 6.61 Å². The third-order valence-corrected chi connectivity index (χ3v) is 3.66. The normalized spacial score (nSPS) is 22.3. The van der Waals surface area contributed by atoms with Crippen LogP contribution in [0.5, 0.6) is 5.75 Å². The van der Waals surface area contributed by atoms with Gasteiger partial charge in [0.1, 0.15) is 5.75 Å². The third-order valence-electron chi connectivity index (χ3n) is 3.66. The SMILES string of the molecule is COCCC1CC(c2ccc(N)cc2OC(F)F)C1. The Bertz CT molecular complexity index is 420. The number of benzene rings is 1. The molecular weight excluding hydrogens is 252 g/mol. The van der Waals surface area contributed by atoms with Crippen molar-refractivity contribution in [3.8, 4) is 5.75 Å². The van der Waals surface area contributed by atoms with E-state index in [2.05, 4.69) is 4.74 Å². The van der Waals surface area contributed by atoms with Gasteiger partial charge in [-0.25, -0.2) is 0 Å². The Hall–Kier alpha value is -1.36. The molecule has 2 rings (SSSR count). The van der Waals surface area contributed by atoms with Gasteiger partial charge in [0.15, 0.2) is 0 Å². The van der Waals surface area contributed by atoms with Gasteiger partial charge in [-0.05, 0) is 42.7 Å². The van der Waals surface area contributed by atoms with Crippen LogP contribution in [0.2, 0.25) is 0 Å². The maximum atomic E-state index is 12.4. The van der Waals surface area contributed by atoms with E-state index in [-0.39, 0.29) is 11.7 Å². The predicted molar refractivity (Wildman–Crippen MR) is 69.4 cm³/mol. The molecule has 1 aliphatic carbocycles. The Morgan fingerprint density at radius 3 is 2.74 bits per heavy atom. The summed E-state index contributed by atoms with van der Waals surface area (Å²) in [5.41, 5.74) is 6.89. The molecule has 0 saturated heterocycles. The lowest BCUT2D eigenvalue weighted by Gasteiger charge is -2.36. The summed E-state index contributed by atoms with van der Waals surface area (Å²) in [6.07, 6.45) is 3.01. The third kappa shape index (κ3) is 3.56. The fourth-order valence-electron chi connectivity index (χ4n) is 2.60. The van der Waals surface area contributed by atoms with Gasteiger partial charge < -0.3 is 15.2 Å². The molecule has 0 bridgehead atoms. The molecule has 0 radical (unpaired) electrons. The molecule has 0 heterocycles. The Morgan fingerprint density at radius 2 is 2.11 bits per heavy atom. The topological polar surface area (TPSA) is 44.5 Å². The second-order valence-corrected chi connectivity index (χ2v) is 4.99. The molecular formula is C14H19F2NO2. The first-order valence-corrected chi connectivity index (χ1v) is 6.43. The van der Waals surface area contributed by atoms with Crippen LogP contribution >= 0.6 is 0 Å². The van der Waals surface area contributed by atoms with E-state index in [9.17, 15) is 8.78 Å². The van der Waals surface area contributed by atoms with Crippen molar-refractivity contribution in [2.75, 3.05) is 19.5 Å². The molecule has 0 amide bonds. The molecule has 0 atom stereocenters. The van der Waals surface area contributed by atoms with Crippen molar-refractivity contribution in [1.29, 1.82) is 0 Å². The average molecular weight is 271 g/mol. The zero-order valence-electron chi connectivity index (χ0n) is 10.9. The van der Waals surface area contributed by atoms with Crippen molar-refractivity contribution < 1.29 is 18.3 Å². The number of rotatable bonds is 6. The van der Waals surface area contributed by atoms with E-state index in [4.69, 9.17) is 10.5 Å². The van der Waals surface area contributed by atoms with Crippen LogP contribution in [0.15, 0.2) is 18.2 Å². The Labute approximate surface area is 111 Å². The summed E-state index contributed by atoms with van der Waals surface area (Å²) in [6, 6.07) is 5.00. The van der Waals surface area contributed by atoms with E-state index in [0.717, 1.165) is 31.4 Å². The van der Waals surface area contributed by atoms with E-state index in [1.807, 2.05) is 0 Å². The summed E-state index contributed by atoms with van der Waals surface area (Å²) in [4.78, 5) is 0. The van der Waals surface area contributed by atoms with Crippen molar-refractivity contribution in [3.05, 3.63) is 23.8 Å². The zero-order chi connectivity index (χ0) is 13.8. The molecule has 19 heavy (non-hydrogen) atoms. The minimum Gasteiger partial charge on any atom is -0.434 e. The number of nitrogens with two attached hydrogens (primary N) is 1. The van der Waals surface area contributed by atoms with Gasteiger partial charge in [-0.1, -0.05) is 6.07 Å². The van der Waals surface area contributed by atoms with Crippen molar-refractivity contribution >= 4 is 5.69 Å². The quantitative estimate of drug-likeness (QED) is 0.806. The highest BCUT2D eigenvalue weighted by Gasteiger charge is 2.32. The van der Waals surface area contributed by atoms with E-state index in [1.165, 1.54) is 6.07 Å². The molecule has 1 fully saturated rings. The maximum Gasteiger partial charge on any atom is 0.387 e. The molecule has 0 aromatic heterocycles. The molecule has 0 spiro atoms. The summed E-state index contributed by atoms with van der Waals surface area (Å²) in [5.74, 6) is 1.11. The van der Waals surface area contributed by atoms with Crippen molar-refractivity contribution in [2.24, 2.45) is 5.92 Å². The number of methoxy groups -OCH3 is 1. The van der Waals surface area contributed by atoms with Gasteiger partial charge >= 0.3 is 6.61 Å². The lowest BCUT2D eigenvalue weighted by atomic mass is 9.70. The number of nitrogen functional groups attached to an aromatic ring is 1. The van der Waals surface area contributed by atoms with Crippen LogP contribution < -0.4 is 10.5 Å². The zero-order valence-corrected chi connectivity index (χ0v) is 10.9. The van der Waals surface area contributed by atoms with Gasteiger partial charge in [0.25, 0.3) is 0 Å². The number of ether oxygens (including phenoxy) is 2. The van der Waals surface area contributed by atoms with Crippen molar-refractivity contribution in [2.45, 2.75) is 31.8 Å². The smallest absolute Gasteiger partial charge is 0.387 e. The monoisotopic (exact) mass is 271 g/mol. The highest BCUT2D eigenvalue weighted by Crippen LogP contribution is 2.46. The van der Waals surface area contributed by atoms with Crippen LogP contribution in [-0.4, -0.2) is 20.3 Å². The second-order valence-electron chi connectivity index (χ2n) is 4.99. The van der Waals surface area contributed by atoms with Crippen LogP contribution in [0.1, 0.15) is 30.7 Å². The van der Waals surface area contributed by atoms with Crippen LogP contribution in [-0.2, 0) is 4.74 Å². The first-order valence-electron chi connectivity index (χ1n) is 6.43. The van der Waals surface area contributed by atoms with Crippen molar-refractivity contribution in [3.63, 3.8) is 0 Å². The van der Waals surface area contributed by atoms with Crippen LogP contribution in [0.4, 0.5) is 14.5 Å². The molecule has 1 aliphatic rings. The fraction of sp³-hybridized carbons (Fsp3) is 0.571. The Kier molecular flexibility index (Phi) is 4.58. The van der Waals surface area contributed by atoms with Crippen LogP contribution in [0.3, 0.4) is 0 Å². The summed E-state index contributed by atoms with van der Waals surface area (Å²) < 4.78 is 34.4. The second kappa shape index (κ2) is 6.19. The Morgan fingerprint density at radius 1 is 1.37 bits per heavy atom. The summed E-state index contributed by atoms with van der Waals surface area (Å²) in [5, 5.41) is 0. The first kappa shape index (κ1) is 14.1. The minimum absolute atomic E-state index is 0.213. The van der Waals surface area contributed by atoms with Crippen LogP contribution in [0.25, 0.3) is 0 Å². The summed E-state index contributed by atoms with van der Waals surface area (Å²) >= 11 is 0. The molecule has 0 unspecified atom stereocenters. The first-order chi connectivity index (χ1) is 9.10. The minimum atomic E-state index is -2.81.